The minimum absolute atomic E-state index is 0.307. The molecule has 5 rings (SSSR count). The Balaban J connectivity index is 1.35. The van der Waals surface area contributed by atoms with Crippen molar-refractivity contribution in [3.63, 3.8) is 0 Å². The van der Waals surface area contributed by atoms with Crippen molar-refractivity contribution < 1.29 is 8.42 Å². The van der Waals surface area contributed by atoms with Gasteiger partial charge in [-0.3, -0.25) is 9.29 Å². The number of nitrogens with one attached hydrogen (secondary N) is 1. The maximum Gasteiger partial charge on any atom is 0.262 e. The molecule has 35 heavy (non-hydrogen) atoms. The molecule has 0 aliphatic carbocycles. The molecule has 0 unspecified atom stereocenters. The number of aryl methyl sites for hydroxylation is 4. The third-order valence-corrected chi connectivity index (χ3v) is 7.64. The van der Waals surface area contributed by atoms with Crippen LogP contribution in [0.5, 0.6) is 0 Å². The Hall–Kier alpha value is -3.90. The van der Waals surface area contributed by atoms with E-state index >= 15 is 0 Å². The Bertz CT molecular complexity index is 1590. The van der Waals surface area contributed by atoms with Crippen LogP contribution in [-0.4, -0.2) is 18.0 Å². The van der Waals surface area contributed by atoms with Crippen LogP contribution >= 0.6 is 0 Å². The van der Waals surface area contributed by atoms with Crippen molar-refractivity contribution in [2.45, 2.75) is 31.6 Å². The maximum atomic E-state index is 12.9. The van der Waals surface area contributed by atoms with E-state index in [9.17, 15) is 8.42 Å². The van der Waals surface area contributed by atoms with E-state index in [4.69, 9.17) is 4.98 Å². The van der Waals surface area contributed by atoms with Crippen molar-refractivity contribution in [2.24, 2.45) is 0 Å². The van der Waals surface area contributed by atoms with E-state index in [1.807, 2.05) is 79.7 Å². The molecule has 0 radical (unpaired) electrons. The van der Waals surface area contributed by atoms with Crippen molar-refractivity contribution in [1.29, 1.82) is 0 Å². The summed E-state index contributed by atoms with van der Waals surface area (Å²) in [5.74, 6) is 0.997. The zero-order valence-electron chi connectivity index (χ0n) is 19.8. The molecule has 0 aliphatic rings. The van der Waals surface area contributed by atoms with Crippen LogP contribution in [0.25, 0.3) is 16.7 Å². The van der Waals surface area contributed by atoms with E-state index in [-0.39, 0.29) is 0 Å². The number of fused-ring (bicyclic) bond motifs is 1. The number of aromatic nitrogens is 2. The molecule has 0 atom stereocenters. The van der Waals surface area contributed by atoms with Gasteiger partial charge in [0, 0.05) is 17.8 Å². The number of rotatable bonds is 7. The molecule has 5 nitrogen and oxygen atoms in total. The van der Waals surface area contributed by atoms with E-state index in [0.29, 0.717) is 10.6 Å². The quantitative estimate of drug-likeness (QED) is 0.300. The second-order valence-electron chi connectivity index (χ2n) is 8.76. The number of anilines is 1. The molecule has 5 aromatic rings. The molecule has 0 amide bonds. The smallest absolute Gasteiger partial charge is 0.262 e. The highest BCUT2D eigenvalue weighted by atomic mass is 32.2. The van der Waals surface area contributed by atoms with Crippen LogP contribution < -0.4 is 4.72 Å². The summed E-state index contributed by atoms with van der Waals surface area (Å²) in [7, 11) is -3.65. The maximum absolute atomic E-state index is 12.9. The summed E-state index contributed by atoms with van der Waals surface area (Å²) in [6.45, 7) is 3.69. The van der Waals surface area contributed by atoms with E-state index in [1.54, 1.807) is 13.0 Å². The van der Waals surface area contributed by atoms with Gasteiger partial charge in [0.25, 0.3) is 10.0 Å². The lowest BCUT2D eigenvalue weighted by atomic mass is 10.1. The predicted octanol–water partition coefficient (Wildman–Crippen LogP) is 6.23. The number of hydrogen-bond donors (Lipinski definition) is 1. The van der Waals surface area contributed by atoms with Gasteiger partial charge in [-0.1, -0.05) is 54.6 Å². The minimum Gasteiger partial charge on any atom is -0.296 e. The van der Waals surface area contributed by atoms with Crippen LogP contribution in [0.3, 0.4) is 0 Å². The number of para-hydroxylation sites is 3. The lowest BCUT2D eigenvalue weighted by molar-refractivity contribution is 0.600. The fourth-order valence-electron chi connectivity index (χ4n) is 4.31. The number of hydrogen-bond acceptors (Lipinski definition) is 3. The third-order valence-electron chi connectivity index (χ3n) is 6.12. The molecule has 0 bridgehead atoms. The van der Waals surface area contributed by atoms with Gasteiger partial charge in [0.1, 0.15) is 5.82 Å². The number of sulfonamides is 1. The van der Waals surface area contributed by atoms with Crippen molar-refractivity contribution in [1.82, 2.24) is 9.55 Å². The summed E-state index contributed by atoms with van der Waals surface area (Å²) in [5, 5.41) is 0. The number of nitrogens with zero attached hydrogens (tertiary/aromatic N) is 2. The summed E-state index contributed by atoms with van der Waals surface area (Å²) < 4.78 is 30.7. The van der Waals surface area contributed by atoms with Gasteiger partial charge in [-0.2, -0.15) is 0 Å². The first-order chi connectivity index (χ1) is 16.9. The van der Waals surface area contributed by atoms with Gasteiger partial charge in [0.05, 0.1) is 15.9 Å². The summed E-state index contributed by atoms with van der Waals surface area (Å²) in [6.07, 6.45) is 1.55. The van der Waals surface area contributed by atoms with Crippen LogP contribution in [0.2, 0.25) is 0 Å². The van der Waals surface area contributed by atoms with E-state index < -0.39 is 10.0 Å². The average Bonchev–Trinajstić information content (AvgIpc) is 3.24. The summed E-state index contributed by atoms with van der Waals surface area (Å²) in [5.41, 5.74) is 6.45. The molecule has 0 aliphatic heterocycles. The lowest BCUT2D eigenvalue weighted by Gasteiger charge is -2.12. The largest absolute Gasteiger partial charge is 0.296 e. The van der Waals surface area contributed by atoms with Crippen molar-refractivity contribution in [3.8, 4) is 5.69 Å². The van der Waals surface area contributed by atoms with Crippen LogP contribution in [0.1, 0.15) is 22.5 Å². The van der Waals surface area contributed by atoms with Crippen LogP contribution in [-0.2, 0) is 22.9 Å². The Morgan fingerprint density at radius 1 is 0.800 bits per heavy atom. The fourth-order valence-corrected chi connectivity index (χ4v) is 5.70. The summed E-state index contributed by atoms with van der Waals surface area (Å²) >= 11 is 0. The van der Waals surface area contributed by atoms with Crippen LogP contribution in [0.15, 0.2) is 102 Å². The summed E-state index contributed by atoms with van der Waals surface area (Å²) in [6, 6.07) is 31.4. The first kappa shape index (κ1) is 22.9. The monoisotopic (exact) mass is 481 g/mol. The van der Waals surface area contributed by atoms with Crippen molar-refractivity contribution in [2.75, 3.05) is 4.72 Å². The zero-order chi connectivity index (χ0) is 24.4. The van der Waals surface area contributed by atoms with Gasteiger partial charge in [-0.25, -0.2) is 13.4 Å². The van der Waals surface area contributed by atoms with Crippen LogP contribution in [0.4, 0.5) is 5.69 Å². The molecule has 0 spiro atoms. The standard InChI is InChI=1S/C29H27N3O2S/c1-21-12-13-22(2)28(20-21)35(33,34)31-24-17-14-23(15-18-24)16-19-29-30-26-10-6-7-11-27(26)32(29)25-8-4-3-5-9-25/h3-15,17-18,20,31H,16,19H2,1-2H3. The normalized spacial score (nSPS) is 11.6. The first-order valence-corrected chi connectivity index (χ1v) is 13.1. The zero-order valence-corrected chi connectivity index (χ0v) is 20.6. The highest BCUT2D eigenvalue weighted by Gasteiger charge is 2.17. The molecular weight excluding hydrogens is 454 g/mol. The second kappa shape index (κ2) is 9.39. The topological polar surface area (TPSA) is 64.0 Å². The Morgan fingerprint density at radius 2 is 1.51 bits per heavy atom. The lowest BCUT2D eigenvalue weighted by Crippen LogP contribution is -2.14. The summed E-state index contributed by atoms with van der Waals surface area (Å²) in [4.78, 5) is 5.20. The van der Waals surface area contributed by atoms with Crippen LogP contribution in [0, 0.1) is 13.8 Å². The molecule has 0 saturated carbocycles. The Morgan fingerprint density at radius 3 is 2.29 bits per heavy atom. The van der Waals surface area contributed by atoms with E-state index in [2.05, 4.69) is 27.5 Å². The van der Waals surface area contributed by atoms with Crippen molar-refractivity contribution >= 4 is 26.7 Å². The average molecular weight is 482 g/mol. The van der Waals surface area contributed by atoms with Gasteiger partial charge >= 0.3 is 0 Å². The fraction of sp³-hybridized carbons (Fsp3) is 0.138. The van der Waals surface area contributed by atoms with Crippen molar-refractivity contribution in [3.05, 3.63) is 120 Å². The first-order valence-electron chi connectivity index (χ1n) is 11.6. The Kier molecular flexibility index (Phi) is 6.14. The van der Waals surface area contributed by atoms with Gasteiger partial charge in [0.2, 0.25) is 0 Å². The number of imidazole rings is 1. The minimum atomic E-state index is -3.65. The van der Waals surface area contributed by atoms with Gasteiger partial charge < -0.3 is 0 Å². The van der Waals surface area contributed by atoms with Gasteiger partial charge in [0.15, 0.2) is 0 Å². The molecular formula is C29H27N3O2S. The molecule has 1 N–H and O–H groups in total. The second-order valence-corrected chi connectivity index (χ2v) is 10.4. The Labute approximate surface area is 206 Å². The molecule has 0 saturated heterocycles. The molecule has 6 heteroatoms. The number of benzene rings is 4. The van der Waals surface area contributed by atoms with Gasteiger partial charge in [-0.05, 0) is 79.4 Å². The predicted molar refractivity (Wildman–Crippen MR) is 142 cm³/mol. The SMILES string of the molecule is Cc1ccc(C)c(S(=O)(=O)Nc2ccc(CCc3nc4ccccc4n3-c3ccccc3)cc2)c1. The highest BCUT2D eigenvalue weighted by Crippen LogP contribution is 2.24. The van der Waals surface area contributed by atoms with Gasteiger partial charge in [-0.15, -0.1) is 0 Å². The third kappa shape index (κ3) is 4.84. The molecule has 4 aromatic carbocycles. The molecule has 0 fully saturated rings. The molecule has 1 aromatic heterocycles. The highest BCUT2D eigenvalue weighted by molar-refractivity contribution is 7.92. The molecule has 176 valence electrons. The molecule has 1 heterocycles. The van der Waals surface area contributed by atoms with E-state index in [0.717, 1.165) is 52.1 Å². The van der Waals surface area contributed by atoms with E-state index in [1.165, 1.54) is 0 Å².